The van der Waals surface area contributed by atoms with Gasteiger partial charge in [0.2, 0.25) is 6.79 Å². The molecule has 0 saturated heterocycles. The van der Waals surface area contributed by atoms with Crippen molar-refractivity contribution in [3.63, 3.8) is 0 Å². The average Bonchev–Trinajstić information content (AvgIpc) is 3.22. The zero-order valence-electron chi connectivity index (χ0n) is 14.7. The van der Waals surface area contributed by atoms with Gasteiger partial charge < -0.3 is 24.1 Å². The molecule has 1 saturated carbocycles. The molecule has 1 N–H and O–H groups in total. The zero-order chi connectivity index (χ0) is 18.0. The van der Waals surface area contributed by atoms with Gasteiger partial charge in [-0.05, 0) is 28.8 Å². The van der Waals surface area contributed by atoms with Crippen molar-refractivity contribution in [2.24, 2.45) is 0 Å². The number of esters is 1. The molecule has 7 nitrogen and oxygen atoms in total. The Bertz CT molecular complexity index is 805. The third kappa shape index (κ3) is 2.14. The molecule has 3 heterocycles. The van der Waals surface area contributed by atoms with Crippen LogP contribution in [0.1, 0.15) is 24.0 Å². The van der Waals surface area contributed by atoms with E-state index in [0.29, 0.717) is 5.75 Å². The molecule has 26 heavy (non-hydrogen) atoms. The van der Waals surface area contributed by atoms with Crippen LogP contribution >= 0.6 is 0 Å². The molecule has 1 aromatic carbocycles. The lowest BCUT2D eigenvalue weighted by molar-refractivity contribution is -0.163. The fourth-order valence-corrected chi connectivity index (χ4v) is 4.91. The molecule has 0 spiro atoms. The van der Waals surface area contributed by atoms with Crippen molar-refractivity contribution in [1.29, 1.82) is 0 Å². The second-order valence-electron chi connectivity index (χ2n) is 7.23. The number of ether oxygens (including phenoxy) is 4. The van der Waals surface area contributed by atoms with E-state index in [-0.39, 0.29) is 24.7 Å². The molecule has 7 heteroatoms. The number of aliphatic hydroxyl groups is 1. The Balaban J connectivity index is 1.61. The largest absolute Gasteiger partial charge is 0.455 e. The van der Waals surface area contributed by atoms with Crippen molar-refractivity contribution in [3.8, 4) is 11.5 Å². The first-order valence-electron chi connectivity index (χ1n) is 8.83. The maximum absolute atomic E-state index is 11.6. The Morgan fingerprint density at radius 3 is 2.81 bits per heavy atom. The molecule has 0 aromatic heterocycles. The van der Waals surface area contributed by atoms with Gasteiger partial charge in [-0.25, -0.2) is 0 Å². The molecule has 0 radical (unpaired) electrons. The predicted molar refractivity (Wildman–Crippen MR) is 89.9 cm³/mol. The van der Waals surface area contributed by atoms with Crippen molar-refractivity contribution < 1.29 is 28.8 Å². The number of carbonyl (C=O) groups excluding carboxylic acids is 1. The Labute approximate surface area is 151 Å². The van der Waals surface area contributed by atoms with E-state index in [2.05, 4.69) is 11.0 Å². The highest BCUT2D eigenvalue weighted by atomic mass is 16.7. The fourth-order valence-electron chi connectivity index (χ4n) is 4.91. The molecular weight excluding hydrogens is 338 g/mol. The first-order valence-corrected chi connectivity index (χ1v) is 8.83. The fraction of sp³-hybridized carbons (Fsp3) is 0.526. The number of rotatable bonds is 2. The quantitative estimate of drug-likeness (QED) is 0.622. The predicted octanol–water partition coefficient (Wildman–Crippen LogP) is 0.944. The van der Waals surface area contributed by atoms with Crippen LogP contribution in [0.3, 0.4) is 0 Å². The number of hydrogen-bond donors (Lipinski definition) is 1. The summed E-state index contributed by atoms with van der Waals surface area (Å²) in [5.74, 6) is 0.922. The van der Waals surface area contributed by atoms with Crippen LogP contribution in [0.4, 0.5) is 0 Å². The molecule has 0 bridgehead atoms. The third-order valence-corrected chi connectivity index (χ3v) is 5.90. The van der Waals surface area contributed by atoms with Crippen LogP contribution < -0.4 is 9.47 Å². The van der Waals surface area contributed by atoms with Gasteiger partial charge in [-0.1, -0.05) is 6.08 Å². The molecule has 5 rings (SSSR count). The highest BCUT2D eigenvalue weighted by Crippen LogP contribution is 2.50. The summed E-state index contributed by atoms with van der Waals surface area (Å²) < 4.78 is 22.2. The van der Waals surface area contributed by atoms with E-state index < -0.39 is 18.3 Å². The molecule has 0 unspecified atom stereocenters. The van der Waals surface area contributed by atoms with Gasteiger partial charge in [0.1, 0.15) is 6.10 Å². The standard InChI is InChI=1S/C19H21NO6/c1-9(21)26-18-11-3-4-20-7-10-5-13-14(25-8-24-13)6-12(10)15(16(11)20)17(22)19(18)23-2/h3,5-6,15-19,22H,4,7-8H2,1-2H3/t15-,16+,17-,18+,19+/m0/s1. The molecule has 1 fully saturated rings. The van der Waals surface area contributed by atoms with Crippen LogP contribution in [0, 0.1) is 0 Å². The Kier molecular flexibility index (Phi) is 3.53. The van der Waals surface area contributed by atoms with Crippen LogP contribution in [0.2, 0.25) is 0 Å². The van der Waals surface area contributed by atoms with Gasteiger partial charge in [0, 0.05) is 39.1 Å². The van der Waals surface area contributed by atoms with Crippen molar-refractivity contribution in [2.45, 2.75) is 43.7 Å². The third-order valence-electron chi connectivity index (χ3n) is 5.90. The van der Waals surface area contributed by atoms with Crippen LogP contribution in [-0.4, -0.2) is 60.8 Å². The highest BCUT2D eigenvalue weighted by molar-refractivity contribution is 5.67. The van der Waals surface area contributed by atoms with Crippen LogP contribution in [-0.2, 0) is 20.8 Å². The minimum absolute atomic E-state index is 0.00591. The molecule has 1 aromatic rings. The summed E-state index contributed by atoms with van der Waals surface area (Å²) in [6, 6.07) is 3.99. The van der Waals surface area contributed by atoms with Gasteiger partial charge in [0.15, 0.2) is 17.6 Å². The lowest BCUT2D eigenvalue weighted by Gasteiger charge is -2.49. The first kappa shape index (κ1) is 16.1. The smallest absolute Gasteiger partial charge is 0.303 e. The Hall–Kier alpha value is -2.09. The lowest BCUT2D eigenvalue weighted by Crippen LogP contribution is -2.59. The summed E-state index contributed by atoms with van der Waals surface area (Å²) in [4.78, 5) is 13.9. The molecule has 0 amide bonds. The van der Waals surface area contributed by atoms with Crippen LogP contribution in [0.25, 0.3) is 0 Å². The molecule has 1 aliphatic carbocycles. The van der Waals surface area contributed by atoms with E-state index in [0.717, 1.165) is 35.5 Å². The Morgan fingerprint density at radius 1 is 1.31 bits per heavy atom. The van der Waals surface area contributed by atoms with E-state index in [1.54, 1.807) is 7.11 Å². The number of benzene rings is 1. The number of nitrogens with zero attached hydrogens (tertiary/aromatic N) is 1. The van der Waals surface area contributed by atoms with E-state index in [1.807, 2.05) is 12.1 Å². The number of aliphatic hydroxyl groups excluding tert-OH is 1. The molecule has 5 atom stereocenters. The number of hydrogen-bond acceptors (Lipinski definition) is 7. The molecule has 138 valence electrons. The summed E-state index contributed by atoms with van der Waals surface area (Å²) in [5.41, 5.74) is 3.20. The van der Waals surface area contributed by atoms with Gasteiger partial charge in [0.05, 0.1) is 6.10 Å². The molecule has 3 aliphatic heterocycles. The molecular formula is C19H21NO6. The first-order chi connectivity index (χ1) is 12.6. The lowest BCUT2D eigenvalue weighted by atomic mass is 9.69. The average molecular weight is 359 g/mol. The van der Waals surface area contributed by atoms with Gasteiger partial charge in [-0.15, -0.1) is 0 Å². The highest BCUT2D eigenvalue weighted by Gasteiger charge is 2.55. The minimum atomic E-state index is -0.800. The van der Waals surface area contributed by atoms with Gasteiger partial charge in [-0.2, -0.15) is 0 Å². The summed E-state index contributed by atoms with van der Waals surface area (Å²) in [5, 5.41) is 11.2. The second-order valence-corrected chi connectivity index (χ2v) is 7.23. The Morgan fingerprint density at radius 2 is 2.08 bits per heavy atom. The topological polar surface area (TPSA) is 77.5 Å². The van der Waals surface area contributed by atoms with Crippen molar-refractivity contribution >= 4 is 5.97 Å². The summed E-state index contributed by atoms with van der Waals surface area (Å²) in [6.07, 6.45) is 0.138. The number of fused-ring (bicyclic) bond motifs is 3. The maximum Gasteiger partial charge on any atom is 0.303 e. The zero-order valence-corrected chi connectivity index (χ0v) is 14.7. The van der Waals surface area contributed by atoms with Crippen molar-refractivity contribution in [1.82, 2.24) is 4.90 Å². The molecule has 4 aliphatic rings. The van der Waals surface area contributed by atoms with Crippen LogP contribution in [0.15, 0.2) is 23.8 Å². The van der Waals surface area contributed by atoms with Crippen LogP contribution in [0.5, 0.6) is 11.5 Å². The minimum Gasteiger partial charge on any atom is -0.455 e. The second kappa shape index (κ2) is 5.70. The van der Waals surface area contributed by atoms with E-state index >= 15 is 0 Å². The normalized spacial score (nSPS) is 34.1. The SMILES string of the molecule is CO[C@@H]1[C@@H](O)[C@H]2c3cc4c(cc3CN3CC=C([C@H]1OC(C)=O)[C@H]23)OCO4. The van der Waals surface area contributed by atoms with Crippen molar-refractivity contribution in [3.05, 3.63) is 34.9 Å². The van der Waals surface area contributed by atoms with E-state index in [9.17, 15) is 9.90 Å². The monoisotopic (exact) mass is 359 g/mol. The van der Waals surface area contributed by atoms with Crippen molar-refractivity contribution in [2.75, 3.05) is 20.4 Å². The summed E-state index contributed by atoms with van der Waals surface area (Å²) in [6.45, 7) is 3.11. The van der Waals surface area contributed by atoms with E-state index in [4.69, 9.17) is 18.9 Å². The summed E-state index contributed by atoms with van der Waals surface area (Å²) >= 11 is 0. The van der Waals surface area contributed by atoms with Gasteiger partial charge in [-0.3, -0.25) is 9.69 Å². The van der Waals surface area contributed by atoms with Gasteiger partial charge >= 0.3 is 5.97 Å². The number of methoxy groups -OCH3 is 1. The maximum atomic E-state index is 11.6. The van der Waals surface area contributed by atoms with E-state index in [1.165, 1.54) is 6.92 Å². The summed E-state index contributed by atoms with van der Waals surface area (Å²) in [7, 11) is 1.54. The number of carbonyl (C=O) groups is 1. The van der Waals surface area contributed by atoms with Gasteiger partial charge in [0.25, 0.3) is 0 Å².